The van der Waals surface area contributed by atoms with E-state index in [2.05, 4.69) is 0 Å². The fraction of sp³-hybridized carbons (Fsp3) is 0.333. The van der Waals surface area contributed by atoms with Crippen molar-refractivity contribution in [3.63, 3.8) is 0 Å². The van der Waals surface area contributed by atoms with E-state index < -0.39 is 12.2 Å². The minimum Gasteiger partial charge on any atom is -0.390 e. The van der Waals surface area contributed by atoms with Crippen molar-refractivity contribution in [1.29, 1.82) is 0 Å². The molecule has 4 heteroatoms. The maximum atomic E-state index is 9.91. The number of nitrogens with two attached hydrogens (primary N) is 1. The molecule has 1 heterocycles. The lowest BCUT2D eigenvalue weighted by molar-refractivity contribution is 0.0151. The average molecular weight is 237 g/mol. The Labute approximate surface area is 98.1 Å². The van der Waals surface area contributed by atoms with Crippen molar-refractivity contribution < 1.29 is 10.2 Å². The molecule has 4 N–H and O–H groups in total. The minimum absolute atomic E-state index is 0.374. The Balaban J connectivity index is 2.24. The van der Waals surface area contributed by atoms with Crippen LogP contribution in [0.25, 0.3) is 10.1 Å². The van der Waals surface area contributed by atoms with Gasteiger partial charge in [-0.25, -0.2) is 0 Å². The molecule has 2 unspecified atom stereocenters. The fourth-order valence-corrected chi connectivity index (χ4v) is 2.49. The lowest BCUT2D eigenvalue weighted by Crippen LogP contribution is -2.21. The van der Waals surface area contributed by atoms with E-state index in [-0.39, 0.29) is 0 Å². The summed E-state index contributed by atoms with van der Waals surface area (Å²) < 4.78 is 1.18. The highest BCUT2D eigenvalue weighted by atomic mass is 32.1. The number of hydrogen-bond acceptors (Lipinski definition) is 4. The summed E-state index contributed by atoms with van der Waals surface area (Å²) in [7, 11) is 0. The molecule has 0 aliphatic carbocycles. The summed E-state index contributed by atoms with van der Waals surface area (Å²) in [6, 6.07) is 7.73. The van der Waals surface area contributed by atoms with Crippen LogP contribution in [0.2, 0.25) is 0 Å². The van der Waals surface area contributed by atoms with Crippen LogP contribution < -0.4 is 5.73 Å². The van der Waals surface area contributed by atoms with Gasteiger partial charge in [-0.2, -0.15) is 0 Å². The van der Waals surface area contributed by atoms with Gasteiger partial charge in [0.05, 0.1) is 6.10 Å². The van der Waals surface area contributed by atoms with Gasteiger partial charge in [0.2, 0.25) is 0 Å². The quantitative estimate of drug-likeness (QED) is 0.757. The van der Waals surface area contributed by atoms with E-state index in [1.54, 1.807) is 11.3 Å². The van der Waals surface area contributed by atoms with Crippen LogP contribution in [0.1, 0.15) is 18.1 Å². The van der Waals surface area contributed by atoms with Crippen LogP contribution in [0.4, 0.5) is 0 Å². The lowest BCUT2D eigenvalue weighted by atomic mass is 10.0. The number of hydrogen-bond donors (Lipinski definition) is 3. The normalized spacial score (nSPS) is 15.2. The first-order valence-corrected chi connectivity index (χ1v) is 6.13. The second-order valence-electron chi connectivity index (χ2n) is 3.81. The molecule has 0 radical (unpaired) electrons. The van der Waals surface area contributed by atoms with Crippen molar-refractivity contribution >= 4 is 21.4 Å². The topological polar surface area (TPSA) is 66.5 Å². The Hall–Kier alpha value is -0.940. The molecule has 0 saturated heterocycles. The molecule has 2 atom stereocenters. The predicted molar refractivity (Wildman–Crippen MR) is 66.5 cm³/mol. The molecule has 0 aliphatic heterocycles. The molecule has 1 aromatic heterocycles. The molecule has 0 saturated carbocycles. The Morgan fingerprint density at radius 2 is 2.06 bits per heavy atom. The van der Waals surface area contributed by atoms with Gasteiger partial charge < -0.3 is 15.9 Å². The molecule has 0 spiro atoms. The number of aliphatic hydroxyl groups excluding tert-OH is 2. The highest BCUT2D eigenvalue weighted by Gasteiger charge is 2.17. The maximum Gasteiger partial charge on any atom is 0.105 e. The summed E-state index contributed by atoms with van der Waals surface area (Å²) in [6.07, 6.45) is -1.24. The molecular formula is C12H15NO2S. The molecule has 2 rings (SSSR count). The zero-order valence-electron chi connectivity index (χ0n) is 8.84. The Kier molecular flexibility index (Phi) is 3.56. The molecule has 0 fully saturated rings. The van der Waals surface area contributed by atoms with Gasteiger partial charge in [-0.05, 0) is 47.5 Å². The average Bonchev–Trinajstić information content (AvgIpc) is 2.75. The van der Waals surface area contributed by atoms with Crippen LogP contribution >= 0.6 is 11.3 Å². The first-order chi connectivity index (χ1) is 7.72. The molecule has 86 valence electrons. The van der Waals surface area contributed by atoms with Crippen LogP contribution in [0.5, 0.6) is 0 Å². The van der Waals surface area contributed by atoms with Crippen molar-refractivity contribution in [3.8, 4) is 0 Å². The van der Waals surface area contributed by atoms with Gasteiger partial charge in [-0.15, -0.1) is 11.3 Å². The molecule has 1 aromatic carbocycles. The van der Waals surface area contributed by atoms with Crippen LogP contribution in [0.15, 0.2) is 29.6 Å². The van der Waals surface area contributed by atoms with Crippen LogP contribution in [0.3, 0.4) is 0 Å². The fourth-order valence-electron chi connectivity index (χ4n) is 1.72. The molecule has 0 aliphatic rings. The van der Waals surface area contributed by atoms with E-state index in [1.807, 2.05) is 29.6 Å². The van der Waals surface area contributed by atoms with E-state index in [1.165, 1.54) is 4.70 Å². The van der Waals surface area contributed by atoms with Crippen LogP contribution in [0, 0.1) is 0 Å². The van der Waals surface area contributed by atoms with E-state index in [0.717, 1.165) is 10.9 Å². The van der Waals surface area contributed by atoms with E-state index in [0.29, 0.717) is 13.0 Å². The molecule has 2 aromatic rings. The number of benzene rings is 1. The smallest absolute Gasteiger partial charge is 0.105 e. The standard InChI is InChI=1S/C12H15NO2S/c13-5-3-10(14)12(15)9-1-2-11-8(7-9)4-6-16-11/h1-2,4,6-7,10,12,14-15H,3,5,13H2. The second kappa shape index (κ2) is 4.93. The number of aliphatic hydroxyl groups is 2. The second-order valence-corrected chi connectivity index (χ2v) is 4.76. The van der Waals surface area contributed by atoms with Gasteiger partial charge >= 0.3 is 0 Å². The lowest BCUT2D eigenvalue weighted by Gasteiger charge is -2.17. The van der Waals surface area contributed by atoms with Crippen molar-refractivity contribution in [2.24, 2.45) is 5.73 Å². The number of fused-ring (bicyclic) bond motifs is 1. The maximum absolute atomic E-state index is 9.91. The van der Waals surface area contributed by atoms with Gasteiger partial charge in [0, 0.05) is 4.70 Å². The third-order valence-corrected chi connectivity index (χ3v) is 3.54. The zero-order valence-corrected chi connectivity index (χ0v) is 9.65. The molecule has 0 amide bonds. The summed E-state index contributed by atoms with van der Waals surface area (Å²) in [5, 5.41) is 22.7. The molecule has 16 heavy (non-hydrogen) atoms. The summed E-state index contributed by atoms with van der Waals surface area (Å²) in [6.45, 7) is 0.374. The Morgan fingerprint density at radius 3 is 2.81 bits per heavy atom. The first-order valence-electron chi connectivity index (χ1n) is 5.25. The molecule has 0 bridgehead atoms. The highest BCUT2D eigenvalue weighted by Crippen LogP contribution is 2.26. The Bertz CT molecular complexity index is 469. The molecular weight excluding hydrogens is 222 g/mol. The van der Waals surface area contributed by atoms with Gasteiger partial charge in [0.15, 0.2) is 0 Å². The SMILES string of the molecule is NCCC(O)C(O)c1ccc2sccc2c1. The zero-order chi connectivity index (χ0) is 11.5. The van der Waals surface area contributed by atoms with Gasteiger partial charge in [-0.1, -0.05) is 6.07 Å². The summed E-state index contributed by atoms with van der Waals surface area (Å²) in [5.74, 6) is 0. The van der Waals surface area contributed by atoms with E-state index >= 15 is 0 Å². The Morgan fingerprint density at radius 1 is 1.25 bits per heavy atom. The van der Waals surface area contributed by atoms with Crippen molar-refractivity contribution in [2.75, 3.05) is 6.54 Å². The summed E-state index contributed by atoms with van der Waals surface area (Å²) in [4.78, 5) is 0. The van der Waals surface area contributed by atoms with Crippen LogP contribution in [-0.4, -0.2) is 22.9 Å². The van der Waals surface area contributed by atoms with Gasteiger partial charge in [-0.3, -0.25) is 0 Å². The number of rotatable bonds is 4. The van der Waals surface area contributed by atoms with Crippen molar-refractivity contribution in [1.82, 2.24) is 0 Å². The van der Waals surface area contributed by atoms with E-state index in [4.69, 9.17) is 5.73 Å². The minimum atomic E-state index is -0.854. The third kappa shape index (κ3) is 2.25. The van der Waals surface area contributed by atoms with Gasteiger partial charge in [0.25, 0.3) is 0 Å². The largest absolute Gasteiger partial charge is 0.390 e. The van der Waals surface area contributed by atoms with Crippen LogP contribution in [-0.2, 0) is 0 Å². The molecule has 3 nitrogen and oxygen atoms in total. The van der Waals surface area contributed by atoms with Crippen molar-refractivity contribution in [3.05, 3.63) is 35.2 Å². The highest BCUT2D eigenvalue weighted by molar-refractivity contribution is 7.17. The van der Waals surface area contributed by atoms with Gasteiger partial charge in [0.1, 0.15) is 6.10 Å². The predicted octanol–water partition coefficient (Wildman–Crippen LogP) is 1.64. The van der Waals surface area contributed by atoms with E-state index in [9.17, 15) is 10.2 Å². The summed E-state index contributed by atoms with van der Waals surface area (Å²) in [5.41, 5.74) is 6.09. The monoisotopic (exact) mass is 237 g/mol. The van der Waals surface area contributed by atoms with Crippen molar-refractivity contribution in [2.45, 2.75) is 18.6 Å². The number of thiophene rings is 1. The summed E-state index contributed by atoms with van der Waals surface area (Å²) >= 11 is 1.66. The third-order valence-electron chi connectivity index (χ3n) is 2.64. The first kappa shape index (κ1) is 11.5.